The molecule has 0 bridgehead atoms. The molecule has 1 spiro atoms. The summed E-state index contributed by atoms with van der Waals surface area (Å²) in [6, 6.07) is 10.7. The number of amidine groups is 1. The van der Waals surface area contributed by atoms with Gasteiger partial charge in [-0.2, -0.15) is 4.39 Å². The van der Waals surface area contributed by atoms with Crippen LogP contribution in [-0.4, -0.2) is 29.2 Å². The molecule has 0 unspecified atom stereocenters. The van der Waals surface area contributed by atoms with Gasteiger partial charge in [0.1, 0.15) is 18.1 Å². The Hall–Kier alpha value is -3.68. The van der Waals surface area contributed by atoms with Gasteiger partial charge >= 0.3 is 0 Å². The first-order chi connectivity index (χ1) is 15.2. The molecule has 2 aliphatic rings. The van der Waals surface area contributed by atoms with Crippen molar-refractivity contribution in [2.75, 3.05) is 13.2 Å². The zero-order valence-corrected chi connectivity index (χ0v) is 18.1. The fraction of sp³-hybridized carbons (Fsp3) is 0.292. The standard InChI is InChI=1S/C24H23FN4O3/c1-23(2,3)12-30-16-9-18-21(28-11-16)32-19-6-4-14(15-5-7-20(25)27-10-15)8-17(19)24(18)13-31-22(26)29-24/h4-11H,12-13H2,1-3H3,(H2,26,29)/t24-/m0/s1. The van der Waals surface area contributed by atoms with Gasteiger partial charge in [-0.3, -0.25) is 0 Å². The number of pyridine rings is 2. The fourth-order valence-corrected chi connectivity index (χ4v) is 3.81. The molecule has 2 aromatic heterocycles. The predicted molar refractivity (Wildman–Crippen MR) is 117 cm³/mol. The summed E-state index contributed by atoms with van der Waals surface area (Å²) in [5.41, 5.74) is 8.13. The number of hydrogen-bond acceptors (Lipinski definition) is 7. The van der Waals surface area contributed by atoms with Crippen molar-refractivity contribution >= 4 is 6.02 Å². The molecular formula is C24H23FN4O3. The maximum Gasteiger partial charge on any atom is 0.283 e. The van der Waals surface area contributed by atoms with E-state index in [2.05, 4.69) is 35.7 Å². The molecule has 1 aromatic carbocycles. The van der Waals surface area contributed by atoms with Crippen LogP contribution in [-0.2, 0) is 10.3 Å². The zero-order chi connectivity index (χ0) is 22.5. The van der Waals surface area contributed by atoms with Crippen LogP contribution in [0.1, 0.15) is 31.9 Å². The number of fused-ring (bicyclic) bond motifs is 4. The number of nitrogens with zero attached hydrogens (tertiary/aromatic N) is 3. The van der Waals surface area contributed by atoms with Gasteiger partial charge in [-0.05, 0) is 41.3 Å². The third-order valence-electron chi connectivity index (χ3n) is 5.37. The van der Waals surface area contributed by atoms with E-state index in [0.29, 0.717) is 29.5 Å². The van der Waals surface area contributed by atoms with Crippen LogP contribution in [0, 0.1) is 11.4 Å². The van der Waals surface area contributed by atoms with Crippen LogP contribution in [0.3, 0.4) is 0 Å². The molecule has 5 rings (SSSR count). The van der Waals surface area contributed by atoms with Gasteiger partial charge in [0.2, 0.25) is 11.8 Å². The van der Waals surface area contributed by atoms with Gasteiger partial charge in [-0.15, -0.1) is 0 Å². The lowest BCUT2D eigenvalue weighted by atomic mass is 9.81. The van der Waals surface area contributed by atoms with E-state index < -0.39 is 11.5 Å². The third kappa shape index (κ3) is 3.51. The van der Waals surface area contributed by atoms with Crippen LogP contribution >= 0.6 is 0 Å². The maximum atomic E-state index is 13.3. The van der Waals surface area contributed by atoms with Crippen molar-refractivity contribution in [3.63, 3.8) is 0 Å². The first kappa shape index (κ1) is 20.2. The van der Waals surface area contributed by atoms with Gasteiger partial charge in [0.05, 0.1) is 18.4 Å². The summed E-state index contributed by atoms with van der Waals surface area (Å²) in [6.07, 6.45) is 3.13. The van der Waals surface area contributed by atoms with Gasteiger partial charge in [0.15, 0.2) is 5.54 Å². The van der Waals surface area contributed by atoms with Gasteiger partial charge in [0.25, 0.3) is 6.02 Å². The Morgan fingerprint density at radius 2 is 1.88 bits per heavy atom. The minimum absolute atomic E-state index is 0.00612. The van der Waals surface area contributed by atoms with E-state index in [4.69, 9.17) is 19.9 Å². The molecular weight excluding hydrogens is 411 g/mol. The minimum atomic E-state index is -0.926. The first-order valence-electron chi connectivity index (χ1n) is 10.3. The molecule has 0 saturated carbocycles. The third-order valence-corrected chi connectivity index (χ3v) is 5.37. The van der Waals surface area contributed by atoms with E-state index in [1.807, 2.05) is 24.3 Å². The molecule has 8 heteroatoms. The summed E-state index contributed by atoms with van der Waals surface area (Å²) in [5, 5.41) is 0. The molecule has 2 N–H and O–H groups in total. The van der Waals surface area contributed by atoms with Crippen LogP contribution in [0.25, 0.3) is 11.1 Å². The topological polar surface area (TPSA) is 91.9 Å². The largest absolute Gasteiger partial charge is 0.491 e. The van der Waals surface area contributed by atoms with E-state index in [1.165, 1.54) is 12.3 Å². The quantitative estimate of drug-likeness (QED) is 0.615. The van der Waals surface area contributed by atoms with Gasteiger partial charge in [-0.1, -0.05) is 26.8 Å². The van der Waals surface area contributed by atoms with Crippen molar-refractivity contribution in [1.82, 2.24) is 9.97 Å². The average molecular weight is 434 g/mol. The molecule has 0 saturated heterocycles. The van der Waals surface area contributed by atoms with Crippen molar-refractivity contribution in [3.05, 3.63) is 65.9 Å². The molecule has 32 heavy (non-hydrogen) atoms. The highest BCUT2D eigenvalue weighted by atomic mass is 19.1. The first-order valence-corrected chi connectivity index (χ1v) is 10.3. The highest BCUT2D eigenvalue weighted by Gasteiger charge is 2.48. The summed E-state index contributed by atoms with van der Waals surface area (Å²) in [5.74, 6) is 1.12. The van der Waals surface area contributed by atoms with Crippen molar-refractivity contribution in [2.24, 2.45) is 16.1 Å². The molecule has 0 aliphatic carbocycles. The summed E-state index contributed by atoms with van der Waals surface area (Å²) in [7, 11) is 0. The summed E-state index contributed by atoms with van der Waals surface area (Å²) in [6.45, 7) is 7.03. The predicted octanol–water partition coefficient (Wildman–Crippen LogP) is 4.40. The van der Waals surface area contributed by atoms with E-state index in [-0.39, 0.29) is 18.0 Å². The summed E-state index contributed by atoms with van der Waals surface area (Å²) < 4.78 is 31.0. The Balaban J connectivity index is 1.62. The number of aromatic nitrogens is 2. The molecule has 0 radical (unpaired) electrons. The minimum Gasteiger partial charge on any atom is -0.491 e. The maximum absolute atomic E-state index is 13.3. The van der Waals surface area contributed by atoms with Crippen molar-refractivity contribution < 1.29 is 18.6 Å². The lowest BCUT2D eigenvalue weighted by Gasteiger charge is -2.33. The van der Waals surface area contributed by atoms with Crippen molar-refractivity contribution in [3.8, 4) is 28.5 Å². The molecule has 3 aromatic rings. The summed E-state index contributed by atoms with van der Waals surface area (Å²) in [4.78, 5) is 12.9. The van der Waals surface area contributed by atoms with Gasteiger partial charge in [0, 0.05) is 17.3 Å². The van der Waals surface area contributed by atoms with Crippen LogP contribution < -0.4 is 15.2 Å². The highest BCUT2D eigenvalue weighted by Crippen LogP contribution is 2.51. The van der Waals surface area contributed by atoms with Gasteiger partial charge < -0.3 is 19.9 Å². The van der Waals surface area contributed by atoms with Crippen LogP contribution in [0.15, 0.2) is 53.8 Å². The normalized spacial score (nSPS) is 18.9. The number of hydrogen-bond donors (Lipinski definition) is 1. The van der Waals surface area contributed by atoms with Crippen LogP contribution in [0.5, 0.6) is 17.4 Å². The number of halogens is 1. The number of ether oxygens (including phenoxy) is 3. The number of benzene rings is 1. The van der Waals surface area contributed by atoms with E-state index in [9.17, 15) is 4.39 Å². The molecule has 0 amide bonds. The van der Waals surface area contributed by atoms with Crippen molar-refractivity contribution in [2.45, 2.75) is 26.3 Å². The smallest absolute Gasteiger partial charge is 0.283 e. The second kappa shape index (κ2) is 7.19. The van der Waals surface area contributed by atoms with Crippen molar-refractivity contribution in [1.29, 1.82) is 0 Å². The monoisotopic (exact) mass is 434 g/mol. The number of aliphatic imine (C=N–C) groups is 1. The molecule has 4 heterocycles. The molecule has 7 nitrogen and oxygen atoms in total. The zero-order valence-electron chi connectivity index (χ0n) is 18.1. The second-order valence-corrected chi connectivity index (χ2v) is 9.15. The van der Waals surface area contributed by atoms with E-state index in [1.54, 1.807) is 12.3 Å². The fourth-order valence-electron chi connectivity index (χ4n) is 3.81. The molecule has 164 valence electrons. The Kier molecular flexibility index (Phi) is 4.54. The number of nitrogens with two attached hydrogens (primary N) is 1. The average Bonchev–Trinajstić information content (AvgIpc) is 3.15. The SMILES string of the molecule is CC(C)(C)COc1cnc2c(c1)[C@]1(COC(N)=N1)c1cc(-c3ccc(F)nc3)ccc1O2. The Morgan fingerprint density at radius 1 is 1.06 bits per heavy atom. The van der Waals surface area contributed by atoms with Crippen LogP contribution in [0.4, 0.5) is 4.39 Å². The highest BCUT2D eigenvalue weighted by molar-refractivity contribution is 5.77. The van der Waals surface area contributed by atoms with E-state index >= 15 is 0 Å². The molecule has 0 fully saturated rings. The number of rotatable bonds is 3. The van der Waals surface area contributed by atoms with Gasteiger partial charge in [-0.25, -0.2) is 15.0 Å². The molecule has 1 atom stereocenters. The lowest BCUT2D eigenvalue weighted by Crippen LogP contribution is -2.31. The van der Waals surface area contributed by atoms with Crippen LogP contribution in [0.2, 0.25) is 0 Å². The Morgan fingerprint density at radius 3 is 2.56 bits per heavy atom. The molecule has 2 aliphatic heterocycles. The summed E-state index contributed by atoms with van der Waals surface area (Å²) >= 11 is 0. The van der Waals surface area contributed by atoms with E-state index in [0.717, 1.165) is 16.7 Å². The Labute approximate surface area is 185 Å². The lowest BCUT2D eigenvalue weighted by molar-refractivity contribution is 0.196. The Bertz CT molecular complexity index is 1220. The second-order valence-electron chi connectivity index (χ2n) is 9.15.